The van der Waals surface area contributed by atoms with Gasteiger partial charge in [-0.25, -0.2) is 4.79 Å². The van der Waals surface area contributed by atoms with Crippen LogP contribution in [0.2, 0.25) is 0 Å². The summed E-state index contributed by atoms with van der Waals surface area (Å²) in [6.07, 6.45) is 5.26. The second-order valence-electron chi connectivity index (χ2n) is 4.24. The Labute approximate surface area is 119 Å². The maximum atomic E-state index is 12.1. The van der Waals surface area contributed by atoms with Crippen LogP contribution in [0.5, 0.6) is 11.5 Å². The summed E-state index contributed by atoms with van der Waals surface area (Å²) in [5.74, 6) is 3.15. The average Bonchev–Trinajstić information content (AvgIpc) is 2.50. The summed E-state index contributed by atoms with van der Waals surface area (Å²) in [6, 6.07) is 5.20. The van der Waals surface area contributed by atoms with Gasteiger partial charge in [0.05, 0.1) is 27.9 Å². The van der Waals surface area contributed by atoms with Crippen LogP contribution in [0.1, 0.15) is 12.5 Å². The third kappa shape index (κ3) is 3.03. The van der Waals surface area contributed by atoms with Crippen LogP contribution in [0.4, 0.5) is 0 Å². The molecule has 0 aromatic heterocycles. The number of rotatable bonds is 6. The molecule has 0 bridgehead atoms. The van der Waals surface area contributed by atoms with Crippen LogP contribution >= 0.6 is 0 Å². The number of hydrogen-bond donors (Lipinski definition) is 1. The van der Waals surface area contributed by atoms with E-state index in [1.165, 1.54) is 14.2 Å². The van der Waals surface area contributed by atoms with Crippen molar-refractivity contribution in [2.75, 3.05) is 27.9 Å². The van der Waals surface area contributed by atoms with E-state index in [4.69, 9.17) is 20.6 Å². The van der Waals surface area contributed by atoms with Crippen LogP contribution < -0.4 is 14.8 Å². The van der Waals surface area contributed by atoms with Gasteiger partial charge in [-0.3, -0.25) is 5.32 Å². The molecule has 0 amide bonds. The summed E-state index contributed by atoms with van der Waals surface area (Å²) in [6.45, 7) is 1.92. The Balaban J connectivity index is 3.33. The quantitative estimate of drug-likeness (QED) is 0.627. The lowest BCUT2D eigenvalue weighted by molar-refractivity contribution is -0.148. The topological polar surface area (TPSA) is 56.8 Å². The van der Waals surface area contributed by atoms with Gasteiger partial charge in [-0.1, -0.05) is 5.92 Å². The molecular weight excluding hydrogens is 258 g/mol. The summed E-state index contributed by atoms with van der Waals surface area (Å²) < 4.78 is 15.3. The average molecular weight is 277 g/mol. The largest absolute Gasteiger partial charge is 0.497 e. The molecule has 0 saturated carbocycles. The molecule has 1 aromatic carbocycles. The highest BCUT2D eigenvalue weighted by Gasteiger charge is 2.38. The molecule has 0 spiro atoms. The first-order valence-electron chi connectivity index (χ1n) is 6.03. The molecular formula is C15H19NO4. The molecule has 0 fully saturated rings. The Morgan fingerprint density at radius 3 is 2.55 bits per heavy atom. The highest BCUT2D eigenvalue weighted by molar-refractivity contribution is 5.83. The zero-order valence-electron chi connectivity index (χ0n) is 12.1. The second kappa shape index (κ2) is 6.83. The molecule has 1 aromatic rings. The van der Waals surface area contributed by atoms with E-state index in [0.717, 1.165) is 0 Å². The minimum atomic E-state index is -1.10. The maximum absolute atomic E-state index is 12.1. The molecule has 5 nitrogen and oxygen atoms in total. The van der Waals surface area contributed by atoms with Gasteiger partial charge in [0, 0.05) is 11.6 Å². The van der Waals surface area contributed by atoms with E-state index in [1.54, 1.807) is 32.2 Å². The number of carbonyl (C=O) groups excluding carboxylic acids is 1. The normalized spacial score (nSPS) is 12.9. The molecule has 0 aliphatic heterocycles. The number of ether oxygens (including phenoxy) is 3. The van der Waals surface area contributed by atoms with Crippen molar-refractivity contribution < 1.29 is 19.0 Å². The number of benzene rings is 1. The smallest absolute Gasteiger partial charge is 0.330 e. The Hall–Kier alpha value is -2.19. The Kier molecular flexibility index (Phi) is 5.42. The first kappa shape index (κ1) is 15.9. The van der Waals surface area contributed by atoms with E-state index in [9.17, 15) is 4.79 Å². The highest BCUT2D eigenvalue weighted by Crippen LogP contribution is 2.33. The van der Waals surface area contributed by atoms with Gasteiger partial charge in [0.25, 0.3) is 0 Å². The fourth-order valence-electron chi connectivity index (χ4n) is 1.92. The predicted octanol–water partition coefficient (Wildman–Crippen LogP) is 1.31. The van der Waals surface area contributed by atoms with Crippen molar-refractivity contribution in [1.82, 2.24) is 5.32 Å². The van der Waals surface area contributed by atoms with Crippen molar-refractivity contribution in [3.8, 4) is 23.8 Å². The predicted molar refractivity (Wildman–Crippen MR) is 75.7 cm³/mol. The standard InChI is InChI=1S/C15H19NO4/c1-6-9-16-15(2,14(17)20-5)12-8-7-11(18-3)10-13(12)19-4/h1,7-8,10,16H,9H2,2-5H3. The van der Waals surface area contributed by atoms with E-state index >= 15 is 0 Å². The molecule has 108 valence electrons. The van der Waals surface area contributed by atoms with Gasteiger partial charge in [0.2, 0.25) is 0 Å². The van der Waals surface area contributed by atoms with Gasteiger partial charge in [0.1, 0.15) is 17.0 Å². The molecule has 1 unspecified atom stereocenters. The zero-order chi connectivity index (χ0) is 15.2. The lowest BCUT2D eigenvalue weighted by Crippen LogP contribution is -2.47. The highest BCUT2D eigenvalue weighted by atomic mass is 16.5. The number of esters is 1. The van der Waals surface area contributed by atoms with Gasteiger partial charge < -0.3 is 14.2 Å². The molecule has 1 atom stereocenters. The fourth-order valence-corrected chi connectivity index (χ4v) is 1.92. The molecule has 1 N–H and O–H groups in total. The van der Waals surface area contributed by atoms with E-state index in [0.29, 0.717) is 17.1 Å². The zero-order valence-corrected chi connectivity index (χ0v) is 12.1. The van der Waals surface area contributed by atoms with Gasteiger partial charge in [-0.15, -0.1) is 6.42 Å². The molecule has 0 aliphatic carbocycles. The van der Waals surface area contributed by atoms with Crippen molar-refractivity contribution in [2.24, 2.45) is 0 Å². The molecule has 0 saturated heterocycles. The Bertz CT molecular complexity index is 521. The fraction of sp³-hybridized carbons (Fsp3) is 0.400. The van der Waals surface area contributed by atoms with Gasteiger partial charge >= 0.3 is 5.97 Å². The lowest BCUT2D eigenvalue weighted by atomic mass is 9.90. The summed E-state index contributed by atoms with van der Waals surface area (Å²) in [5, 5.41) is 2.99. The molecule has 0 radical (unpaired) electrons. The minimum absolute atomic E-state index is 0.223. The van der Waals surface area contributed by atoms with Crippen molar-refractivity contribution in [3.05, 3.63) is 23.8 Å². The Morgan fingerprint density at radius 1 is 1.35 bits per heavy atom. The maximum Gasteiger partial charge on any atom is 0.330 e. The number of methoxy groups -OCH3 is 3. The molecule has 20 heavy (non-hydrogen) atoms. The molecule has 0 aliphatic rings. The molecule has 5 heteroatoms. The van der Waals surface area contributed by atoms with Crippen LogP contribution in [0, 0.1) is 12.3 Å². The van der Waals surface area contributed by atoms with Crippen LogP contribution in [-0.2, 0) is 15.1 Å². The van der Waals surface area contributed by atoms with Crippen LogP contribution in [0.3, 0.4) is 0 Å². The number of terminal acetylenes is 1. The van der Waals surface area contributed by atoms with E-state index < -0.39 is 11.5 Å². The SMILES string of the molecule is C#CCNC(C)(C(=O)OC)c1ccc(OC)cc1OC. The van der Waals surface area contributed by atoms with Crippen LogP contribution in [0.15, 0.2) is 18.2 Å². The van der Waals surface area contributed by atoms with E-state index in [2.05, 4.69) is 11.2 Å². The van der Waals surface area contributed by atoms with Gasteiger partial charge in [-0.2, -0.15) is 0 Å². The summed E-state index contributed by atoms with van der Waals surface area (Å²) in [7, 11) is 4.41. The number of carbonyl (C=O) groups is 1. The third-order valence-corrected chi connectivity index (χ3v) is 3.09. The van der Waals surface area contributed by atoms with E-state index in [-0.39, 0.29) is 6.54 Å². The summed E-state index contributed by atoms with van der Waals surface area (Å²) >= 11 is 0. The number of nitrogens with one attached hydrogen (secondary N) is 1. The number of hydrogen-bond acceptors (Lipinski definition) is 5. The van der Waals surface area contributed by atoms with Crippen LogP contribution in [0.25, 0.3) is 0 Å². The van der Waals surface area contributed by atoms with Crippen molar-refractivity contribution in [1.29, 1.82) is 0 Å². The lowest BCUT2D eigenvalue weighted by Gasteiger charge is -2.29. The van der Waals surface area contributed by atoms with Crippen molar-refractivity contribution >= 4 is 5.97 Å². The van der Waals surface area contributed by atoms with E-state index in [1.807, 2.05) is 0 Å². The first-order valence-corrected chi connectivity index (χ1v) is 6.03. The molecule has 0 heterocycles. The Morgan fingerprint density at radius 2 is 2.05 bits per heavy atom. The first-order chi connectivity index (χ1) is 9.53. The monoisotopic (exact) mass is 277 g/mol. The summed E-state index contributed by atoms with van der Waals surface area (Å²) in [4.78, 5) is 12.1. The van der Waals surface area contributed by atoms with Crippen molar-refractivity contribution in [2.45, 2.75) is 12.5 Å². The summed E-state index contributed by atoms with van der Waals surface area (Å²) in [5.41, 5.74) is -0.471. The van der Waals surface area contributed by atoms with Crippen molar-refractivity contribution in [3.63, 3.8) is 0 Å². The van der Waals surface area contributed by atoms with Gasteiger partial charge in [0.15, 0.2) is 0 Å². The second-order valence-corrected chi connectivity index (χ2v) is 4.24. The van der Waals surface area contributed by atoms with Gasteiger partial charge in [-0.05, 0) is 19.1 Å². The molecule has 1 rings (SSSR count). The third-order valence-electron chi connectivity index (χ3n) is 3.09. The minimum Gasteiger partial charge on any atom is -0.497 e. The van der Waals surface area contributed by atoms with Crippen LogP contribution in [-0.4, -0.2) is 33.8 Å².